The van der Waals surface area contributed by atoms with Gasteiger partial charge in [0.15, 0.2) is 5.69 Å². The number of carbonyl (C=O) groups is 1. The van der Waals surface area contributed by atoms with Crippen molar-refractivity contribution in [3.05, 3.63) is 75.3 Å². The number of nitrogens with one attached hydrogen (secondary N) is 1. The number of amides is 1. The Bertz CT molecular complexity index is 939. The van der Waals surface area contributed by atoms with Gasteiger partial charge in [-0.05, 0) is 37.3 Å². The number of hydrogen-bond acceptors (Lipinski definition) is 4. The van der Waals surface area contributed by atoms with Crippen molar-refractivity contribution in [1.82, 2.24) is 5.16 Å². The highest BCUT2D eigenvalue weighted by Gasteiger charge is 2.21. The zero-order valence-electron chi connectivity index (χ0n) is 13.6. The molecule has 0 bridgehead atoms. The first-order valence-electron chi connectivity index (χ1n) is 7.53. The number of nitrogens with zero attached hydrogens (tertiary/aromatic N) is 1. The Morgan fingerprint density at radius 1 is 1.23 bits per heavy atom. The Morgan fingerprint density at radius 3 is 2.65 bits per heavy atom. The third kappa shape index (κ3) is 4.33. The first kappa shape index (κ1) is 18.2. The van der Waals surface area contributed by atoms with Crippen molar-refractivity contribution in [2.24, 2.45) is 0 Å². The van der Waals surface area contributed by atoms with Crippen LogP contribution in [0.5, 0.6) is 5.75 Å². The van der Waals surface area contributed by atoms with Crippen molar-refractivity contribution in [2.45, 2.75) is 13.5 Å². The molecule has 0 aliphatic rings. The van der Waals surface area contributed by atoms with E-state index in [1.807, 2.05) is 0 Å². The summed E-state index contributed by atoms with van der Waals surface area (Å²) >= 11 is 11.8. The summed E-state index contributed by atoms with van der Waals surface area (Å²) in [7, 11) is 0. The molecule has 1 heterocycles. The van der Waals surface area contributed by atoms with Gasteiger partial charge in [0.2, 0.25) is 0 Å². The summed E-state index contributed by atoms with van der Waals surface area (Å²) in [4.78, 5) is 12.5. The predicted octanol–water partition coefficient (Wildman–Crippen LogP) is 5.26. The lowest BCUT2D eigenvalue weighted by atomic mass is 10.2. The van der Waals surface area contributed by atoms with Crippen LogP contribution in [0.2, 0.25) is 10.0 Å². The predicted molar refractivity (Wildman–Crippen MR) is 96.4 cm³/mol. The first-order valence-corrected chi connectivity index (χ1v) is 8.29. The fourth-order valence-electron chi connectivity index (χ4n) is 2.27. The van der Waals surface area contributed by atoms with Crippen LogP contribution in [0, 0.1) is 12.7 Å². The molecule has 1 aromatic heterocycles. The molecule has 0 unspecified atom stereocenters. The number of ether oxygens (including phenoxy) is 1. The summed E-state index contributed by atoms with van der Waals surface area (Å²) in [6, 6.07) is 10.4. The molecule has 5 nitrogen and oxygen atoms in total. The molecule has 0 aliphatic heterocycles. The van der Waals surface area contributed by atoms with Crippen molar-refractivity contribution in [1.29, 1.82) is 0 Å². The van der Waals surface area contributed by atoms with Crippen molar-refractivity contribution in [3.8, 4) is 5.75 Å². The molecular formula is C18H13Cl2FN2O3. The van der Waals surface area contributed by atoms with Crippen molar-refractivity contribution < 1.29 is 18.4 Å². The highest BCUT2D eigenvalue weighted by atomic mass is 35.5. The molecule has 0 atom stereocenters. The molecule has 0 radical (unpaired) electrons. The zero-order chi connectivity index (χ0) is 18.7. The van der Waals surface area contributed by atoms with Crippen LogP contribution in [-0.4, -0.2) is 11.1 Å². The quantitative estimate of drug-likeness (QED) is 0.640. The van der Waals surface area contributed by atoms with E-state index in [0.29, 0.717) is 32.8 Å². The average Bonchev–Trinajstić information content (AvgIpc) is 2.93. The van der Waals surface area contributed by atoms with Crippen LogP contribution < -0.4 is 10.1 Å². The molecule has 0 saturated heterocycles. The van der Waals surface area contributed by atoms with Gasteiger partial charge < -0.3 is 14.6 Å². The number of anilines is 1. The van der Waals surface area contributed by atoms with Gasteiger partial charge in [-0.3, -0.25) is 4.79 Å². The highest BCUT2D eigenvalue weighted by molar-refractivity contribution is 6.35. The molecule has 1 N–H and O–H groups in total. The summed E-state index contributed by atoms with van der Waals surface area (Å²) in [6.45, 7) is 1.65. The average molecular weight is 395 g/mol. The number of hydrogen-bond donors (Lipinski definition) is 1. The van der Waals surface area contributed by atoms with Crippen molar-refractivity contribution in [2.75, 3.05) is 5.32 Å². The van der Waals surface area contributed by atoms with Gasteiger partial charge in [-0.2, -0.15) is 0 Å². The number of carbonyl (C=O) groups excluding carboxylic acids is 1. The van der Waals surface area contributed by atoms with Crippen LogP contribution in [0.15, 0.2) is 47.0 Å². The number of rotatable bonds is 5. The largest absolute Gasteiger partial charge is 0.489 e. The number of halogens is 3. The highest BCUT2D eigenvalue weighted by Crippen LogP contribution is 2.24. The number of benzene rings is 2. The molecule has 2 aromatic carbocycles. The molecule has 8 heteroatoms. The Balaban J connectivity index is 1.77. The maximum absolute atomic E-state index is 13.2. The maximum atomic E-state index is 13.2. The normalized spacial score (nSPS) is 10.6. The lowest BCUT2D eigenvalue weighted by Crippen LogP contribution is -2.15. The van der Waals surface area contributed by atoms with Gasteiger partial charge in [-0.25, -0.2) is 4.39 Å². The molecule has 0 saturated carbocycles. The Kier molecular flexibility index (Phi) is 5.44. The summed E-state index contributed by atoms with van der Waals surface area (Å²) < 4.78 is 23.9. The first-order chi connectivity index (χ1) is 12.4. The third-order valence-electron chi connectivity index (χ3n) is 3.50. The molecule has 0 spiro atoms. The van der Waals surface area contributed by atoms with E-state index in [1.165, 1.54) is 18.2 Å². The van der Waals surface area contributed by atoms with Crippen LogP contribution in [0.1, 0.15) is 21.8 Å². The molecule has 3 aromatic rings. The molecule has 26 heavy (non-hydrogen) atoms. The standard InChI is InChI=1S/C18H13Cl2FN2O3/c1-10-16(9-25-15-4-2-3-13(21)8-15)17(23-26-10)18(24)22-14-6-11(19)5-12(20)7-14/h2-8H,9H2,1H3,(H,22,24). The van der Waals surface area contributed by atoms with Gasteiger partial charge in [0, 0.05) is 21.8 Å². The monoisotopic (exact) mass is 394 g/mol. The van der Waals surface area contributed by atoms with Gasteiger partial charge in [0.25, 0.3) is 5.91 Å². The van der Waals surface area contributed by atoms with E-state index in [-0.39, 0.29) is 12.3 Å². The van der Waals surface area contributed by atoms with E-state index in [9.17, 15) is 9.18 Å². The summed E-state index contributed by atoms with van der Waals surface area (Å²) in [5, 5.41) is 7.21. The van der Waals surface area contributed by atoms with Gasteiger partial charge in [-0.1, -0.05) is 34.4 Å². The molecule has 0 fully saturated rings. The van der Waals surface area contributed by atoms with Gasteiger partial charge >= 0.3 is 0 Å². The smallest absolute Gasteiger partial charge is 0.278 e. The SMILES string of the molecule is Cc1onc(C(=O)Nc2cc(Cl)cc(Cl)c2)c1COc1cccc(F)c1. The Hall–Kier alpha value is -2.57. The molecule has 1 amide bonds. The van der Waals surface area contributed by atoms with Crippen LogP contribution in [0.25, 0.3) is 0 Å². The second kappa shape index (κ2) is 7.76. The summed E-state index contributed by atoms with van der Waals surface area (Å²) in [5.41, 5.74) is 0.944. The van der Waals surface area contributed by atoms with Crippen LogP contribution in [0.3, 0.4) is 0 Å². The second-order valence-electron chi connectivity index (χ2n) is 5.42. The van der Waals surface area contributed by atoms with E-state index < -0.39 is 11.7 Å². The van der Waals surface area contributed by atoms with Gasteiger partial charge in [0.05, 0.1) is 5.56 Å². The fraction of sp³-hybridized carbons (Fsp3) is 0.111. The molecule has 134 valence electrons. The van der Waals surface area contributed by atoms with Crippen molar-refractivity contribution in [3.63, 3.8) is 0 Å². The van der Waals surface area contributed by atoms with Gasteiger partial charge in [-0.15, -0.1) is 0 Å². The maximum Gasteiger partial charge on any atom is 0.278 e. The lowest BCUT2D eigenvalue weighted by molar-refractivity contribution is 0.101. The minimum absolute atomic E-state index is 0.00214. The number of aryl methyl sites for hydroxylation is 1. The van der Waals surface area contributed by atoms with Crippen LogP contribution in [-0.2, 0) is 6.61 Å². The van der Waals surface area contributed by atoms with Gasteiger partial charge in [0.1, 0.15) is 23.9 Å². The minimum atomic E-state index is -0.502. The third-order valence-corrected chi connectivity index (χ3v) is 3.94. The topological polar surface area (TPSA) is 64.4 Å². The van der Waals surface area contributed by atoms with E-state index >= 15 is 0 Å². The molecular weight excluding hydrogens is 382 g/mol. The van der Waals surface area contributed by atoms with Crippen LogP contribution in [0.4, 0.5) is 10.1 Å². The van der Waals surface area contributed by atoms with E-state index in [1.54, 1.807) is 31.2 Å². The Labute approximate surface area is 158 Å². The second-order valence-corrected chi connectivity index (χ2v) is 6.30. The van der Waals surface area contributed by atoms with Crippen molar-refractivity contribution >= 4 is 34.8 Å². The minimum Gasteiger partial charge on any atom is -0.489 e. The lowest BCUT2D eigenvalue weighted by Gasteiger charge is -2.08. The van der Waals surface area contributed by atoms with E-state index in [4.69, 9.17) is 32.5 Å². The number of aromatic nitrogens is 1. The van der Waals surface area contributed by atoms with E-state index in [0.717, 1.165) is 0 Å². The Morgan fingerprint density at radius 2 is 1.96 bits per heavy atom. The zero-order valence-corrected chi connectivity index (χ0v) is 15.1. The van der Waals surface area contributed by atoms with E-state index in [2.05, 4.69) is 10.5 Å². The summed E-state index contributed by atoms with van der Waals surface area (Å²) in [5.74, 6) is -0.160. The summed E-state index contributed by atoms with van der Waals surface area (Å²) in [6.07, 6.45) is 0. The van der Waals surface area contributed by atoms with Crippen LogP contribution >= 0.6 is 23.2 Å². The fourth-order valence-corrected chi connectivity index (χ4v) is 2.79. The molecule has 0 aliphatic carbocycles. The molecule has 3 rings (SSSR count).